The summed E-state index contributed by atoms with van der Waals surface area (Å²) in [5, 5.41) is 9.62. The van der Waals surface area contributed by atoms with E-state index in [0.29, 0.717) is 22.6 Å². The fraction of sp³-hybridized carbons (Fsp3) is 0.0909. The van der Waals surface area contributed by atoms with Crippen LogP contribution in [0, 0.1) is 13.8 Å². The lowest BCUT2D eigenvalue weighted by Crippen LogP contribution is -2.37. The lowest BCUT2D eigenvalue weighted by molar-refractivity contribution is 0.0987. The summed E-state index contributed by atoms with van der Waals surface area (Å²) in [4.78, 5) is 16.4. The molecule has 0 unspecified atom stereocenters. The van der Waals surface area contributed by atoms with Crippen LogP contribution in [0.2, 0.25) is 0 Å². The number of amides is 1. The maximum absolute atomic E-state index is 12.6. The molecule has 0 bridgehead atoms. The van der Waals surface area contributed by atoms with Crippen molar-refractivity contribution < 1.29 is 4.79 Å². The molecular weight excluding hydrogens is 350 g/mol. The Balaban J connectivity index is 1.73. The first-order chi connectivity index (χ1) is 13.5. The van der Waals surface area contributed by atoms with Gasteiger partial charge in [-0.2, -0.15) is 10.2 Å². The molecule has 0 aliphatic rings. The van der Waals surface area contributed by atoms with Crippen LogP contribution < -0.4 is 10.9 Å². The van der Waals surface area contributed by atoms with Crippen LogP contribution in [0.25, 0.3) is 0 Å². The standard InChI is InChI=1S/C22H21N5O/c1-15-4-13-21(16(2)14-15)26-25-19-7-5-17(6-8-19)22(28)27(23)20-11-9-18(24-3)10-12-20/h4-14H,3,23H2,1-2H3. The second-order valence-electron chi connectivity index (χ2n) is 6.39. The van der Waals surface area contributed by atoms with Crippen LogP contribution in [0.3, 0.4) is 0 Å². The summed E-state index contributed by atoms with van der Waals surface area (Å²) in [7, 11) is 0. The number of azo groups is 1. The predicted molar refractivity (Wildman–Crippen MR) is 113 cm³/mol. The van der Waals surface area contributed by atoms with Crippen molar-refractivity contribution >= 4 is 35.4 Å². The number of hydrogen-bond donors (Lipinski definition) is 1. The van der Waals surface area contributed by atoms with Crippen molar-refractivity contribution in [1.82, 2.24) is 0 Å². The average Bonchev–Trinajstić information content (AvgIpc) is 2.72. The van der Waals surface area contributed by atoms with Crippen molar-refractivity contribution in [1.29, 1.82) is 0 Å². The Labute approximate surface area is 164 Å². The molecule has 3 aromatic carbocycles. The molecule has 3 rings (SSSR count). The fourth-order valence-corrected chi connectivity index (χ4v) is 2.67. The largest absolute Gasteiger partial charge is 0.272 e. The van der Waals surface area contributed by atoms with Gasteiger partial charge in [0.05, 0.1) is 22.7 Å². The molecule has 0 heterocycles. The zero-order valence-electron chi connectivity index (χ0n) is 15.8. The molecule has 28 heavy (non-hydrogen) atoms. The van der Waals surface area contributed by atoms with Gasteiger partial charge in [0.25, 0.3) is 5.91 Å². The third-order valence-electron chi connectivity index (χ3n) is 4.27. The van der Waals surface area contributed by atoms with Gasteiger partial charge in [-0.25, -0.2) is 10.9 Å². The normalized spacial score (nSPS) is 10.8. The Morgan fingerprint density at radius 2 is 1.54 bits per heavy atom. The lowest BCUT2D eigenvalue weighted by atomic mass is 10.1. The average molecular weight is 371 g/mol. The maximum atomic E-state index is 12.6. The molecule has 0 aliphatic heterocycles. The summed E-state index contributed by atoms with van der Waals surface area (Å²) >= 11 is 0. The van der Waals surface area contributed by atoms with E-state index in [-0.39, 0.29) is 5.91 Å². The molecule has 0 atom stereocenters. The summed E-state index contributed by atoms with van der Waals surface area (Å²) in [6, 6.07) is 19.7. The summed E-state index contributed by atoms with van der Waals surface area (Å²) < 4.78 is 0. The highest BCUT2D eigenvalue weighted by molar-refractivity contribution is 6.05. The number of rotatable bonds is 5. The Morgan fingerprint density at radius 3 is 2.14 bits per heavy atom. The van der Waals surface area contributed by atoms with Gasteiger partial charge in [0.15, 0.2) is 0 Å². The number of aliphatic imine (C=N–C) groups is 1. The van der Waals surface area contributed by atoms with Crippen LogP contribution in [0.5, 0.6) is 0 Å². The number of benzene rings is 3. The Morgan fingerprint density at radius 1 is 0.893 bits per heavy atom. The van der Waals surface area contributed by atoms with Crippen LogP contribution in [0.1, 0.15) is 21.5 Å². The van der Waals surface area contributed by atoms with Crippen LogP contribution in [0.4, 0.5) is 22.7 Å². The number of nitrogens with two attached hydrogens (primary N) is 1. The minimum absolute atomic E-state index is 0.322. The number of nitrogens with zero attached hydrogens (tertiary/aromatic N) is 4. The van der Waals surface area contributed by atoms with E-state index in [1.54, 1.807) is 48.5 Å². The molecule has 0 saturated carbocycles. The Bertz CT molecular complexity index is 1020. The number of carbonyl (C=O) groups excluding carboxylic acids is 1. The second-order valence-corrected chi connectivity index (χ2v) is 6.39. The SMILES string of the molecule is C=Nc1ccc(N(N)C(=O)c2ccc(N=Nc3ccc(C)cc3C)cc2)cc1. The van der Waals surface area contributed by atoms with Crippen LogP contribution in [-0.2, 0) is 0 Å². The van der Waals surface area contributed by atoms with Gasteiger partial charge in [0.2, 0.25) is 0 Å². The quantitative estimate of drug-likeness (QED) is 0.209. The lowest BCUT2D eigenvalue weighted by Gasteiger charge is -2.16. The van der Waals surface area contributed by atoms with Gasteiger partial charge in [-0.15, -0.1) is 0 Å². The molecule has 140 valence electrons. The Hall–Kier alpha value is -3.64. The second kappa shape index (κ2) is 8.37. The summed E-state index contributed by atoms with van der Waals surface area (Å²) in [6.45, 7) is 7.49. The van der Waals surface area contributed by atoms with Gasteiger partial charge in [-0.1, -0.05) is 17.7 Å². The van der Waals surface area contributed by atoms with Crippen molar-refractivity contribution in [2.45, 2.75) is 13.8 Å². The van der Waals surface area contributed by atoms with E-state index in [1.807, 2.05) is 26.0 Å². The smallest absolute Gasteiger partial charge is 0.267 e. The maximum Gasteiger partial charge on any atom is 0.272 e. The molecule has 0 fully saturated rings. The molecule has 1 amide bonds. The van der Waals surface area contributed by atoms with Crippen molar-refractivity contribution in [3.8, 4) is 0 Å². The van der Waals surface area contributed by atoms with Gasteiger partial charge in [0, 0.05) is 5.56 Å². The number of carbonyl (C=O) groups is 1. The van der Waals surface area contributed by atoms with E-state index < -0.39 is 0 Å². The first-order valence-corrected chi connectivity index (χ1v) is 8.73. The highest BCUT2D eigenvalue weighted by Gasteiger charge is 2.14. The monoisotopic (exact) mass is 371 g/mol. The van der Waals surface area contributed by atoms with Gasteiger partial charge < -0.3 is 0 Å². The highest BCUT2D eigenvalue weighted by Crippen LogP contribution is 2.24. The number of hydrazine groups is 1. The topological polar surface area (TPSA) is 83.4 Å². The molecule has 0 saturated heterocycles. The number of anilines is 1. The Kier molecular flexibility index (Phi) is 5.72. The molecule has 0 aromatic heterocycles. The molecule has 0 spiro atoms. The van der Waals surface area contributed by atoms with Gasteiger partial charge >= 0.3 is 0 Å². The molecule has 3 aromatic rings. The van der Waals surface area contributed by atoms with E-state index in [9.17, 15) is 4.79 Å². The molecule has 6 heteroatoms. The third kappa shape index (κ3) is 4.36. The molecule has 6 nitrogen and oxygen atoms in total. The number of aryl methyl sites for hydroxylation is 2. The summed E-state index contributed by atoms with van der Waals surface area (Å²) in [6.07, 6.45) is 0. The van der Waals surface area contributed by atoms with E-state index >= 15 is 0 Å². The summed E-state index contributed by atoms with van der Waals surface area (Å²) in [5.74, 6) is 5.64. The van der Waals surface area contributed by atoms with Crippen LogP contribution in [-0.4, -0.2) is 12.6 Å². The first-order valence-electron chi connectivity index (χ1n) is 8.73. The zero-order chi connectivity index (χ0) is 20.1. The molecule has 0 radical (unpaired) electrons. The van der Waals surface area contributed by atoms with Crippen LogP contribution in [0.15, 0.2) is 82.0 Å². The predicted octanol–water partition coefficient (Wildman–Crippen LogP) is 5.57. The molecule has 0 aliphatic carbocycles. The van der Waals surface area contributed by atoms with Crippen molar-refractivity contribution in [3.05, 3.63) is 83.4 Å². The third-order valence-corrected chi connectivity index (χ3v) is 4.27. The van der Waals surface area contributed by atoms with Crippen molar-refractivity contribution in [2.24, 2.45) is 21.1 Å². The minimum Gasteiger partial charge on any atom is -0.267 e. The van der Waals surface area contributed by atoms with Crippen molar-refractivity contribution in [2.75, 3.05) is 5.01 Å². The van der Waals surface area contributed by atoms with Gasteiger partial charge in [-0.3, -0.25) is 9.79 Å². The van der Waals surface area contributed by atoms with E-state index in [2.05, 4.69) is 28.0 Å². The van der Waals surface area contributed by atoms with E-state index in [1.165, 1.54) is 5.56 Å². The molecule has 2 N–H and O–H groups in total. The number of hydrogen-bond acceptors (Lipinski definition) is 5. The minimum atomic E-state index is -0.322. The van der Waals surface area contributed by atoms with Gasteiger partial charge in [-0.05, 0) is 80.7 Å². The van der Waals surface area contributed by atoms with Gasteiger partial charge in [0.1, 0.15) is 0 Å². The highest BCUT2D eigenvalue weighted by atomic mass is 16.2. The van der Waals surface area contributed by atoms with Crippen LogP contribution >= 0.6 is 0 Å². The molecular formula is C22H21N5O. The summed E-state index contributed by atoms with van der Waals surface area (Å²) in [5.41, 5.74) is 5.45. The zero-order valence-corrected chi connectivity index (χ0v) is 15.8. The van der Waals surface area contributed by atoms with Crippen molar-refractivity contribution in [3.63, 3.8) is 0 Å². The van der Waals surface area contributed by atoms with E-state index in [4.69, 9.17) is 5.84 Å². The first kappa shape index (κ1) is 19.1. The van der Waals surface area contributed by atoms with E-state index in [0.717, 1.165) is 16.3 Å². The fourth-order valence-electron chi connectivity index (χ4n) is 2.67.